The minimum atomic E-state index is 0.281. The first-order chi connectivity index (χ1) is 7.35. The Bertz CT molecular complexity index is 309. The van der Waals surface area contributed by atoms with E-state index in [9.17, 15) is 0 Å². The van der Waals surface area contributed by atoms with Gasteiger partial charge < -0.3 is 5.32 Å². The number of nitrogens with one attached hydrogen (secondary N) is 1. The zero-order valence-corrected chi connectivity index (χ0v) is 9.21. The maximum absolute atomic E-state index is 3.87. The van der Waals surface area contributed by atoms with E-state index in [1.54, 1.807) is 0 Å². The summed E-state index contributed by atoms with van der Waals surface area (Å²) >= 11 is 0. The highest BCUT2D eigenvalue weighted by atomic mass is 15.0. The normalized spacial score (nSPS) is 18.7. The summed E-state index contributed by atoms with van der Waals surface area (Å²) in [5.74, 6) is 0. The number of rotatable bonds is 4. The third-order valence-corrected chi connectivity index (χ3v) is 3.28. The summed E-state index contributed by atoms with van der Waals surface area (Å²) < 4.78 is 0. The first-order valence-corrected chi connectivity index (χ1v) is 5.79. The Balaban J connectivity index is 2.10. The maximum atomic E-state index is 3.87. The molecule has 2 rings (SSSR count). The highest BCUT2D eigenvalue weighted by Crippen LogP contribution is 2.35. The molecule has 1 aromatic carbocycles. The average molecular weight is 201 g/mol. The second-order valence-corrected chi connectivity index (χ2v) is 4.47. The van der Waals surface area contributed by atoms with Crippen molar-refractivity contribution < 1.29 is 0 Å². The molecule has 1 nitrogen and oxygen atoms in total. The van der Waals surface area contributed by atoms with E-state index in [1.165, 1.54) is 31.4 Å². The predicted octanol–water partition coefficient (Wildman–Crippen LogP) is 3.99. The smallest absolute Gasteiger partial charge is 0.0408 e. The van der Waals surface area contributed by atoms with Crippen LogP contribution in [-0.2, 0) is 0 Å². The van der Waals surface area contributed by atoms with Gasteiger partial charge in [-0.05, 0) is 31.4 Å². The van der Waals surface area contributed by atoms with E-state index in [-0.39, 0.29) is 5.54 Å². The summed E-state index contributed by atoms with van der Waals surface area (Å²) in [6, 6.07) is 10.5. The zero-order chi connectivity index (χ0) is 10.6. The van der Waals surface area contributed by atoms with Gasteiger partial charge in [0.2, 0.25) is 0 Å². The maximum Gasteiger partial charge on any atom is 0.0408 e. The molecule has 0 unspecified atom stereocenters. The van der Waals surface area contributed by atoms with E-state index in [0.29, 0.717) is 0 Å². The van der Waals surface area contributed by atoms with Crippen molar-refractivity contribution in [3.05, 3.63) is 43.0 Å². The summed E-state index contributed by atoms with van der Waals surface area (Å²) in [6.07, 6.45) is 8.34. The second-order valence-electron chi connectivity index (χ2n) is 4.47. The van der Waals surface area contributed by atoms with Crippen LogP contribution in [0.15, 0.2) is 43.0 Å². The molecule has 80 valence electrons. The van der Waals surface area contributed by atoms with Crippen LogP contribution in [0.1, 0.15) is 32.1 Å². The van der Waals surface area contributed by atoms with Crippen molar-refractivity contribution in [2.24, 2.45) is 0 Å². The van der Waals surface area contributed by atoms with Gasteiger partial charge in [0.05, 0.1) is 0 Å². The van der Waals surface area contributed by atoms with Gasteiger partial charge in [-0.2, -0.15) is 0 Å². The fourth-order valence-corrected chi connectivity index (χ4v) is 2.54. The third-order valence-electron chi connectivity index (χ3n) is 3.28. The molecule has 0 saturated heterocycles. The molecular weight excluding hydrogens is 182 g/mol. The molecule has 0 amide bonds. The van der Waals surface area contributed by atoms with Gasteiger partial charge in [0, 0.05) is 11.2 Å². The van der Waals surface area contributed by atoms with Gasteiger partial charge in [-0.25, -0.2) is 0 Å². The average Bonchev–Trinajstić information content (AvgIpc) is 2.69. The van der Waals surface area contributed by atoms with Crippen LogP contribution >= 0.6 is 0 Å². The molecule has 1 saturated carbocycles. The van der Waals surface area contributed by atoms with Crippen LogP contribution in [0, 0.1) is 0 Å². The topological polar surface area (TPSA) is 12.0 Å². The number of anilines is 1. The van der Waals surface area contributed by atoms with Crippen LogP contribution in [0.2, 0.25) is 0 Å². The van der Waals surface area contributed by atoms with Crippen molar-refractivity contribution >= 4 is 5.69 Å². The molecule has 1 aromatic rings. The summed E-state index contributed by atoms with van der Waals surface area (Å²) in [4.78, 5) is 0. The van der Waals surface area contributed by atoms with Crippen LogP contribution in [0.25, 0.3) is 0 Å². The van der Waals surface area contributed by atoms with Crippen LogP contribution in [0.3, 0.4) is 0 Å². The first kappa shape index (κ1) is 10.3. The van der Waals surface area contributed by atoms with Crippen molar-refractivity contribution in [2.45, 2.75) is 37.6 Å². The van der Waals surface area contributed by atoms with E-state index >= 15 is 0 Å². The number of para-hydroxylation sites is 1. The zero-order valence-electron chi connectivity index (χ0n) is 9.21. The van der Waals surface area contributed by atoms with E-state index < -0.39 is 0 Å². The highest BCUT2D eigenvalue weighted by molar-refractivity contribution is 5.45. The molecular formula is C14H19N. The fourth-order valence-electron chi connectivity index (χ4n) is 2.54. The van der Waals surface area contributed by atoms with E-state index in [1.807, 2.05) is 6.08 Å². The van der Waals surface area contributed by atoms with Gasteiger partial charge in [0.25, 0.3) is 0 Å². The minimum absolute atomic E-state index is 0.281. The van der Waals surface area contributed by atoms with Gasteiger partial charge in [-0.1, -0.05) is 37.1 Å². The highest BCUT2D eigenvalue weighted by Gasteiger charge is 2.31. The summed E-state index contributed by atoms with van der Waals surface area (Å²) in [5.41, 5.74) is 1.52. The largest absolute Gasteiger partial charge is 0.379 e. The lowest BCUT2D eigenvalue weighted by molar-refractivity contribution is 0.488. The number of benzene rings is 1. The molecule has 0 aromatic heterocycles. The summed E-state index contributed by atoms with van der Waals surface area (Å²) in [7, 11) is 0. The Morgan fingerprint density at radius 1 is 1.20 bits per heavy atom. The Labute approximate surface area is 92.2 Å². The Hall–Kier alpha value is -1.24. The van der Waals surface area contributed by atoms with E-state index in [4.69, 9.17) is 0 Å². The van der Waals surface area contributed by atoms with Crippen molar-refractivity contribution in [2.75, 3.05) is 5.32 Å². The molecule has 0 aliphatic heterocycles. The van der Waals surface area contributed by atoms with Crippen molar-refractivity contribution in [3.63, 3.8) is 0 Å². The van der Waals surface area contributed by atoms with Gasteiger partial charge >= 0.3 is 0 Å². The van der Waals surface area contributed by atoms with Crippen LogP contribution in [-0.4, -0.2) is 5.54 Å². The Morgan fingerprint density at radius 3 is 2.47 bits per heavy atom. The van der Waals surface area contributed by atoms with E-state index in [0.717, 1.165) is 6.42 Å². The third kappa shape index (κ3) is 2.41. The molecule has 0 spiro atoms. The molecule has 0 bridgehead atoms. The standard InChI is InChI=1S/C14H19N/c1-2-10-14(11-6-7-12-14)15-13-8-4-3-5-9-13/h2-5,8-9,15H,1,6-7,10-12H2. The second kappa shape index (κ2) is 4.52. The minimum Gasteiger partial charge on any atom is -0.379 e. The van der Waals surface area contributed by atoms with Gasteiger partial charge in [-0.15, -0.1) is 6.58 Å². The molecule has 1 N–H and O–H groups in total. The molecule has 0 atom stereocenters. The lowest BCUT2D eigenvalue weighted by atomic mass is 9.93. The Kier molecular flexibility index (Phi) is 3.10. The van der Waals surface area contributed by atoms with Crippen LogP contribution in [0.5, 0.6) is 0 Å². The molecule has 1 aliphatic carbocycles. The SMILES string of the molecule is C=CCC1(Nc2ccccc2)CCCC1. The molecule has 0 heterocycles. The predicted molar refractivity (Wildman–Crippen MR) is 66.1 cm³/mol. The van der Waals surface area contributed by atoms with Crippen LogP contribution < -0.4 is 5.32 Å². The van der Waals surface area contributed by atoms with Crippen molar-refractivity contribution in [1.82, 2.24) is 0 Å². The molecule has 1 heteroatoms. The quantitative estimate of drug-likeness (QED) is 0.726. The molecule has 0 radical (unpaired) electrons. The lowest BCUT2D eigenvalue weighted by Crippen LogP contribution is -2.34. The molecule has 15 heavy (non-hydrogen) atoms. The summed E-state index contributed by atoms with van der Waals surface area (Å²) in [5, 5.41) is 3.68. The number of hydrogen-bond donors (Lipinski definition) is 1. The van der Waals surface area contributed by atoms with Crippen molar-refractivity contribution in [1.29, 1.82) is 0 Å². The monoisotopic (exact) mass is 201 g/mol. The van der Waals surface area contributed by atoms with Crippen molar-refractivity contribution in [3.8, 4) is 0 Å². The molecule has 1 aliphatic rings. The fraction of sp³-hybridized carbons (Fsp3) is 0.429. The van der Waals surface area contributed by atoms with Gasteiger partial charge in [0.1, 0.15) is 0 Å². The summed E-state index contributed by atoms with van der Waals surface area (Å²) in [6.45, 7) is 3.87. The number of hydrogen-bond acceptors (Lipinski definition) is 1. The lowest BCUT2D eigenvalue weighted by Gasteiger charge is -2.30. The van der Waals surface area contributed by atoms with Gasteiger partial charge in [0.15, 0.2) is 0 Å². The van der Waals surface area contributed by atoms with Gasteiger partial charge in [-0.3, -0.25) is 0 Å². The Morgan fingerprint density at radius 2 is 1.87 bits per heavy atom. The molecule has 1 fully saturated rings. The van der Waals surface area contributed by atoms with E-state index in [2.05, 4.69) is 42.2 Å². The van der Waals surface area contributed by atoms with Crippen LogP contribution in [0.4, 0.5) is 5.69 Å². The first-order valence-electron chi connectivity index (χ1n) is 5.79.